The Hall–Kier alpha value is -4.06. The van der Waals surface area contributed by atoms with Crippen LogP contribution in [0.1, 0.15) is 63.8 Å². The molecule has 5 rings (SSSR count). The number of hydroxylamine groups is 1. The number of anilines is 1. The fourth-order valence-electron chi connectivity index (χ4n) is 6.10. The van der Waals surface area contributed by atoms with Crippen molar-refractivity contribution >= 4 is 41.0 Å². The summed E-state index contributed by atoms with van der Waals surface area (Å²) in [4.78, 5) is 13.0. The summed E-state index contributed by atoms with van der Waals surface area (Å²) >= 11 is 0. The molecule has 0 unspecified atom stereocenters. The Morgan fingerprint density at radius 3 is 1.35 bits per heavy atom. The third-order valence-corrected chi connectivity index (χ3v) is 11.7. The van der Waals surface area contributed by atoms with Gasteiger partial charge in [-0.3, -0.25) is 0 Å². The van der Waals surface area contributed by atoms with Crippen molar-refractivity contribution in [2.24, 2.45) is 0 Å². The van der Waals surface area contributed by atoms with Crippen molar-refractivity contribution in [3.8, 4) is 0 Å². The number of allylic oxidation sites excluding steroid dienone is 2. The quantitative estimate of drug-likeness (QED) is 0.128. The Labute approximate surface area is 257 Å². The van der Waals surface area contributed by atoms with Gasteiger partial charge in [-0.2, -0.15) is 0 Å². The Morgan fingerprint density at radius 1 is 0.581 bits per heavy atom. The zero-order valence-electron chi connectivity index (χ0n) is 26.6. The number of hydrogen-bond donors (Lipinski definition) is 0. The van der Waals surface area contributed by atoms with Crippen LogP contribution in [-0.2, 0) is 0 Å². The lowest BCUT2D eigenvalue weighted by Gasteiger charge is -2.43. The van der Waals surface area contributed by atoms with Gasteiger partial charge in [0, 0.05) is 53.8 Å². The molecule has 1 heterocycles. The summed E-state index contributed by atoms with van der Waals surface area (Å²) in [5, 5.41) is 16.8. The molecule has 1 aliphatic rings. The first-order valence-electron chi connectivity index (χ1n) is 15.0. The van der Waals surface area contributed by atoms with Crippen LogP contribution in [0.5, 0.6) is 0 Å². The average molecular weight is 587 g/mol. The summed E-state index contributed by atoms with van der Waals surface area (Å²) in [5.41, 5.74) is 7.37. The minimum absolute atomic E-state index is 0.522. The first kappa shape index (κ1) is 30.4. The molecular weight excluding hydrogens is 545 g/mol. The summed E-state index contributed by atoms with van der Waals surface area (Å²) in [6, 6.07) is 37.6. The van der Waals surface area contributed by atoms with E-state index >= 15 is 0 Å². The van der Waals surface area contributed by atoms with Crippen LogP contribution in [0, 0.1) is 10.1 Å². The number of rotatable bonds is 6. The van der Waals surface area contributed by atoms with E-state index in [9.17, 15) is 10.1 Å². The van der Waals surface area contributed by atoms with Gasteiger partial charge in [0.2, 0.25) is 5.54 Å². The summed E-state index contributed by atoms with van der Waals surface area (Å²) < 4.78 is 1.08. The fourth-order valence-corrected chi connectivity index (χ4v) is 9.91. The minimum Gasteiger partial charge on any atom is -0.758 e. The normalized spacial score (nSPS) is 15.2. The molecule has 43 heavy (non-hydrogen) atoms. The first-order chi connectivity index (χ1) is 20.2. The Balaban J connectivity index is 1.76. The average Bonchev–Trinajstić information content (AvgIpc) is 3.23. The molecular formula is C38H42N2O2Si. The fraction of sp³-hybridized carbons (Fsp3) is 0.263. The molecule has 1 aliphatic heterocycles. The van der Waals surface area contributed by atoms with Crippen molar-refractivity contribution in [3.63, 3.8) is 0 Å². The van der Waals surface area contributed by atoms with Crippen LogP contribution in [-0.4, -0.2) is 23.9 Å². The molecule has 4 nitrogen and oxygen atoms in total. The molecule has 0 aromatic heterocycles. The molecule has 4 aromatic carbocycles. The van der Waals surface area contributed by atoms with E-state index in [-0.39, 0.29) is 0 Å². The van der Waals surface area contributed by atoms with Crippen molar-refractivity contribution in [3.05, 3.63) is 142 Å². The van der Waals surface area contributed by atoms with Gasteiger partial charge in [0.05, 0.1) is 0 Å². The van der Waals surface area contributed by atoms with Crippen LogP contribution in [0.3, 0.4) is 0 Å². The second kappa shape index (κ2) is 11.2. The number of nitrogens with zero attached hydrogens (tertiary/aromatic N) is 2. The maximum Gasteiger partial charge on any atom is 0.256 e. The van der Waals surface area contributed by atoms with Crippen LogP contribution in [0.4, 0.5) is 11.4 Å². The lowest BCUT2D eigenvalue weighted by atomic mass is 9.89. The topological polar surface area (TPSA) is 46.4 Å². The zero-order valence-corrected chi connectivity index (χ0v) is 27.6. The van der Waals surface area contributed by atoms with E-state index in [1.165, 1.54) is 32.7 Å². The molecule has 5 heteroatoms. The summed E-state index contributed by atoms with van der Waals surface area (Å²) in [6.07, 6.45) is 0. The van der Waals surface area contributed by atoms with Crippen LogP contribution in [0.25, 0.3) is 21.5 Å². The molecule has 0 radical (unpaired) electrons. The minimum atomic E-state index is -2.36. The summed E-state index contributed by atoms with van der Waals surface area (Å²) in [7, 11) is -2.36. The molecule has 220 valence electrons. The summed E-state index contributed by atoms with van der Waals surface area (Å²) in [6.45, 7) is 16.4. The van der Waals surface area contributed by atoms with Gasteiger partial charge in [-0.15, -0.1) is 0 Å². The Kier molecular flexibility index (Phi) is 7.93. The highest BCUT2D eigenvalue weighted by Gasteiger charge is 2.44. The Morgan fingerprint density at radius 2 is 0.977 bits per heavy atom. The molecule has 0 spiro atoms. The zero-order chi connectivity index (χ0) is 31.2. The highest BCUT2D eigenvalue weighted by Crippen LogP contribution is 2.55. The smallest absolute Gasteiger partial charge is 0.256 e. The largest absolute Gasteiger partial charge is 0.758 e. The van der Waals surface area contributed by atoms with E-state index < -0.39 is 19.2 Å². The van der Waals surface area contributed by atoms with E-state index in [4.69, 9.17) is 0 Å². The van der Waals surface area contributed by atoms with Crippen molar-refractivity contribution in [2.45, 2.75) is 65.7 Å². The van der Waals surface area contributed by atoms with Gasteiger partial charge in [0.25, 0.3) is 5.69 Å². The molecule has 0 amide bonds. The van der Waals surface area contributed by atoms with E-state index in [0.717, 1.165) is 21.0 Å². The molecule has 0 saturated heterocycles. The van der Waals surface area contributed by atoms with Gasteiger partial charge in [-0.1, -0.05) is 85.9 Å². The van der Waals surface area contributed by atoms with E-state index in [1.807, 2.05) is 65.8 Å². The lowest BCUT2D eigenvalue weighted by molar-refractivity contribution is -0.540. The maximum absolute atomic E-state index is 13.0. The molecule has 4 aromatic rings. The van der Waals surface area contributed by atoms with Gasteiger partial charge >= 0.3 is 0 Å². The predicted molar refractivity (Wildman–Crippen MR) is 186 cm³/mol. The molecule has 0 bridgehead atoms. The van der Waals surface area contributed by atoms with Crippen molar-refractivity contribution < 1.29 is 4.76 Å². The monoisotopic (exact) mass is 586 g/mol. The predicted octanol–water partition coefficient (Wildman–Crippen LogP) is 10.3. The highest BCUT2D eigenvalue weighted by atomic mass is 28.3. The van der Waals surface area contributed by atoms with Crippen LogP contribution in [0.15, 0.2) is 109 Å². The Bertz CT molecular complexity index is 1690. The van der Waals surface area contributed by atoms with Gasteiger partial charge in [0.1, 0.15) is 8.07 Å². The van der Waals surface area contributed by atoms with Gasteiger partial charge in [-0.25, -0.2) is 0 Å². The molecule has 0 N–H and O–H groups in total. The standard InChI is InChI=1S/C38H42N2O2Si/c1-37(2,3)39(41)31-23-19-29(20-24-31)35-33(27-15-11-9-12-16-27)34(28-17-13-10-14-18-28)36(43(35,7)8)30-21-25-32(26-22-30)40(42)38(4,5)6/h9-26H,1-8H3. The summed E-state index contributed by atoms with van der Waals surface area (Å²) in [5.74, 6) is 0. The molecule has 0 saturated carbocycles. The number of nitroso groups, excluding NO2 is 1. The maximum atomic E-state index is 13.0. The highest BCUT2D eigenvalue weighted by molar-refractivity contribution is 7.13. The molecule has 0 atom stereocenters. The number of hydrogen-bond acceptors (Lipinski definition) is 3. The third-order valence-electron chi connectivity index (χ3n) is 8.12. The first-order valence-corrected chi connectivity index (χ1v) is 18.0. The van der Waals surface area contributed by atoms with Crippen LogP contribution < -0.4 is 5.06 Å². The second-order valence-corrected chi connectivity index (χ2v) is 18.1. The second-order valence-electron chi connectivity index (χ2n) is 13.9. The molecule has 0 fully saturated rings. The third kappa shape index (κ3) is 5.80. The van der Waals surface area contributed by atoms with Crippen molar-refractivity contribution in [1.29, 1.82) is 0 Å². The van der Waals surface area contributed by atoms with Crippen molar-refractivity contribution in [1.82, 2.24) is 0 Å². The SMILES string of the molecule is CC(C)(C)N([O-])c1ccc(C2=C(c3ccccc3)C(c3ccccc3)=C(c3ccc([N+](=O)C(C)(C)C)cc3)[Si]2(C)C)cc1. The van der Waals surface area contributed by atoms with E-state index in [1.54, 1.807) is 0 Å². The molecule has 0 aliphatic carbocycles. The lowest BCUT2D eigenvalue weighted by Crippen LogP contribution is -2.36. The van der Waals surface area contributed by atoms with Crippen molar-refractivity contribution in [2.75, 3.05) is 5.06 Å². The van der Waals surface area contributed by atoms with Gasteiger partial charge < -0.3 is 10.3 Å². The van der Waals surface area contributed by atoms with Crippen LogP contribution in [0.2, 0.25) is 13.1 Å². The van der Waals surface area contributed by atoms with E-state index in [0.29, 0.717) is 11.4 Å². The van der Waals surface area contributed by atoms with E-state index in [2.05, 4.69) is 98.0 Å². The van der Waals surface area contributed by atoms with Gasteiger partial charge in [-0.05, 0) is 88.8 Å². The van der Waals surface area contributed by atoms with Gasteiger partial charge in [0.15, 0.2) is 0 Å². The number of benzene rings is 4. The van der Waals surface area contributed by atoms with Crippen LogP contribution >= 0.6 is 0 Å².